The molecule has 1 atom stereocenters. The smallest absolute Gasteiger partial charge is 0.290 e. The molecular formula is C37H26F8N8O. The number of H-pyrrole nitrogens is 2. The maximum absolute atomic E-state index is 15.1. The summed E-state index contributed by atoms with van der Waals surface area (Å²) in [4.78, 5) is 33.4. The zero-order chi connectivity index (χ0) is 37.9. The number of amides is 1. The van der Waals surface area contributed by atoms with E-state index in [4.69, 9.17) is 4.98 Å². The number of alkyl halides is 6. The van der Waals surface area contributed by atoms with E-state index >= 15 is 8.78 Å². The summed E-state index contributed by atoms with van der Waals surface area (Å²) in [5.41, 5.74) is -1.02. The van der Waals surface area contributed by atoms with E-state index in [1.165, 1.54) is 6.20 Å². The van der Waals surface area contributed by atoms with E-state index in [1.54, 1.807) is 43.0 Å². The Bertz CT molecular complexity index is 2540. The number of hydrogen-bond donors (Lipinski definition) is 3. The monoisotopic (exact) mass is 750 g/mol. The summed E-state index contributed by atoms with van der Waals surface area (Å²) in [5, 5.41) is 7.51. The molecule has 1 amide bonds. The first kappa shape index (κ1) is 34.9. The Morgan fingerprint density at radius 1 is 0.778 bits per heavy atom. The van der Waals surface area contributed by atoms with Crippen LogP contribution < -0.4 is 5.32 Å². The molecule has 0 saturated heterocycles. The highest BCUT2D eigenvalue weighted by Gasteiger charge is 2.55. The molecule has 0 aliphatic heterocycles. The summed E-state index contributed by atoms with van der Waals surface area (Å²) in [6.45, 7) is -1.17. The van der Waals surface area contributed by atoms with Crippen LogP contribution in [-0.4, -0.2) is 40.6 Å². The van der Waals surface area contributed by atoms with Gasteiger partial charge < -0.3 is 15.3 Å². The average Bonchev–Trinajstić information content (AvgIpc) is 3.88. The molecule has 1 aliphatic carbocycles. The van der Waals surface area contributed by atoms with Crippen LogP contribution in [0.25, 0.3) is 44.3 Å². The van der Waals surface area contributed by atoms with Crippen LogP contribution in [0, 0.1) is 11.6 Å². The number of rotatable bonds is 9. The molecule has 7 aromatic rings. The highest BCUT2D eigenvalue weighted by atomic mass is 19.3. The average molecular weight is 751 g/mol. The third kappa shape index (κ3) is 6.43. The van der Waals surface area contributed by atoms with E-state index in [0.29, 0.717) is 45.0 Å². The van der Waals surface area contributed by atoms with Crippen molar-refractivity contribution in [2.24, 2.45) is 0 Å². The molecular weight excluding hydrogens is 724 g/mol. The molecule has 9 nitrogen and oxygen atoms in total. The van der Waals surface area contributed by atoms with Crippen molar-refractivity contribution < 1.29 is 39.9 Å². The van der Waals surface area contributed by atoms with E-state index in [-0.39, 0.29) is 22.4 Å². The van der Waals surface area contributed by atoms with Gasteiger partial charge in [-0.3, -0.25) is 14.5 Å². The first-order valence-electron chi connectivity index (χ1n) is 16.5. The molecule has 1 unspecified atom stereocenters. The number of aromatic amines is 2. The largest absolute Gasteiger partial charge is 0.346 e. The summed E-state index contributed by atoms with van der Waals surface area (Å²) >= 11 is 0. The number of carbonyl (C=O) groups excluding carboxylic acids is 1. The number of halogens is 8. The van der Waals surface area contributed by atoms with Crippen molar-refractivity contribution in [3.63, 3.8) is 0 Å². The predicted molar refractivity (Wildman–Crippen MR) is 180 cm³/mol. The van der Waals surface area contributed by atoms with Gasteiger partial charge >= 0.3 is 0 Å². The molecule has 0 spiro atoms. The summed E-state index contributed by atoms with van der Waals surface area (Å²) in [5.74, 6) is -11.0. The first-order chi connectivity index (χ1) is 25.8. The molecule has 17 heteroatoms. The molecule has 8 rings (SSSR count). The second kappa shape index (κ2) is 13.1. The van der Waals surface area contributed by atoms with E-state index in [0.717, 1.165) is 17.5 Å². The molecule has 3 N–H and O–H groups in total. The van der Waals surface area contributed by atoms with Gasteiger partial charge in [-0.05, 0) is 54.4 Å². The van der Waals surface area contributed by atoms with E-state index in [2.05, 4.69) is 30.4 Å². The van der Waals surface area contributed by atoms with Crippen molar-refractivity contribution in [2.75, 3.05) is 0 Å². The van der Waals surface area contributed by atoms with Crippen LogP contribution in [0.2, 0.25) is 0 Å². The zero-order valence-corrected chi connectivity index (χ0v) is 27.7. The van der Waals surface area contributed by atoms with Crippen molar-refractivity contribution in [1.82, 2.24) is 40.0 Å². The van der Waals surface area contributed by atoms with Crippen LogP contribution in [0.3, 0.4) is 0 Å². The molecule has 0 radical (unpaired) electrons. The summed E-state index contributed by atoms with van der Waals surface area (Å²) in [6, 6.07) is 10.5. The third-order valence-electron chi connectivity index (χ3n) is 9.34. The molecule has 6 aromatic heterocycles. The Balaban J connectivity index is 1.24. The fourth-order valence-corrected chi connectivity index (χ4v) is 6.92. The maximum Gasteiger partial charge on any atom is 0.290 e. The quantitative estimate of drug-likeness (QED) is 0.128. The van der Waals surface area contributed by atoms with Crippen molar-refractivity contribution in [3.8, 4) is 22.3 Å². The minimum atomic E-state index is -4.04. The topological polar surface area (TPSA) is 117 Å². The number of carbonyl (C=O) groups is 1. The second-order valence-electron chi connectivity index (χ2n) is 13.0. The maximum atomic E-state index is 15.1. The SMILES string of the molecule is O=C(Cn1nc(C(F)F)c2c1C(F)(F)CCC2(F)F)NC(Cc1cc(F)cc(F)c1)c1ncc(-c2cnc3[nH]ccc3c2)cc1-c1cnc2[nH]ccc2c1. The lowest BCUT2D eigenvalue weighted by molar-refractivity contribution is -0.123. The van der Waals surface area contributed by atoms with Gasteiger partial charge in [0.25, 0.3) is 18.3 Å². The lowest BCUT2D eigenvalue weighted by Crippen LogP contribution is -2.37. The molecule has 0 saturated carbocycles. The van der Waals surface area contributed by atoms with Crippen LogP contribution in [0.1, 0.15) is 53.5 Å². The molecule has 54 heavy (non-hydrogen) atoms. The van der Waals surface area contributed by atoms with Crippen LogP contribution in [0.4, 0.5) is 35.1 Å². The molecule has 276 valence electrons. The van der Waals surface area contributed by atoms with Crippen molar-refractivity contribution in [1.29, 1.82) is 0 Å². The molecule has 1 aliphatic rings. The minimum absolute atomic E-state index is 0.0681. The number of aromatic nitrogens is 7. The second-order valence-corrected chi connectivity index (χ2v) is 13.0. The van der Waals surface area contributed by atoms with Crippen LogP contribution in [0.5, 0.6) is 0 Å². The lowest BCUT2D eigenvalue weighted by Gasteiger charge is -2.29. The standard InChI is InChI=1S/C37H26F8N8O/c38-24-7-18(8-25(39)13-24)9-27(51-28(54)17-53-32-29(31(52-53)33(40)41)36(42,43)3-4-37(32,44)45)30-26(23-11-20-2-6-47-35(20)50-16-23)12-22(14-48-30)21-10-19-1-5-46-34(19)49-15-21/h1-2,5-8,10-16,27,33H,3-4,9,17H2,(H,46,49)(H,47,50)(H,51,54). The summed E-state index contributed by atoms with van der Waals surface area (Å²) in [6.07, 6.45) is 1.39. The van der Waals surface area contributed by atoms with E-state index < -0.39 is 78.2 Å². The van der Waals surface area contributed by atoms with Crippen LogP contribution in [0.15, 0.2) is 79.5 Å². The Kier molecular flexibility index (Phi) is 8.45. The highest BCUT2D eigenvalue weighted by molar-refractivity contribution is 5.86. The molecule has 1 aromatic carbocycles. The number of pyridine rings is 3. The molecule has 6 heterocycles. The summed E-state index contributed by atoms with van der Waals surface area (Å²) < 4.78 is 117. The van der Waals surface area contributed by atoms with Gasteiger partial charge in [0, 0.05) is 82.9 Å². The van der Waals surface area contributed by atoms with Gasteiger partial charge in [0.2, 0.25) is 5.91 Å². The van der Waals surface area contributed by atoms with Crippen molar-refractivity contribution in [3.05, 3.63) is 119 Å². The van der Waals surface area contributed by atoms with Crippen LogP contribution in [-0.2, 0) is 29.6 Å². The van der Waals surface area contributed by atoms with Crippen LogP contribution >= 0.6 is 0 Å². The Labute approximate surface area is 299 Å². The number of hydrogen-bond acceptors (Lipinski definition) is 5. The number of benzene rings is 1. The van der Waals surface area contributed by atoms with E-state index in [9.17, 15) is 31.1 Å². The third-order valence-corrected chi connectivity index (χ3v) is 9.34. The van der Waals surface area contributed by atoms with Gasteiger partial charge in [-0.2, -0.15) is 13.9 Å². The van der Waals surface area contributed by atoms with Gasteiger partial charge in [0.05, 0.1) is 17.3 Å². The minimum Gasteiger partial charge on any atom is -0.346 e. The number of nitrogens with zero attached hydrogens (tertiary/aromatic N) is 5. The first-order valence-corrected chi connectivity index (χ1v) is 16.5. The van der Waals surface area contributed by atoms with Gasteiger partial charge in [0.1, 0.15) is 40.9 Å². The fourth-order valence-electron chi connectivity index (χ4n) is 6.92. The van der Waals surface area contributed by atoms with Crippen molar-refractivity contribution in [2.45, 2.75) is 50.1 Å². The zero-order valence-electron chi connectivity index (χ0n) is 27.7. The highest BCUT2D eigenvalue weighted by Crippen LogP contribution is 2.52. The van der Waals surface area contributed by atoms with E-state index in [1.807, 2.05) is 12.1 Å². The normalized spacial score (nSPS) is 15.5. The Morgan fingerprint density at radius 2 is 1.37 bits per heavy atom. The predicted octanol–water partition coefficient (Wildman–Crippen LogP) is 8.66. The Morgan fingerprint density at radius 3 is 2.04 bits per heavy atom. The van der Waals surface area contributed by atoms with Gasteiger partial charge in [-0.15, -0.1) is 0 Å². The number of fused-ring (bicyclic) bond motifs is 3. The van der Waals surface area contributed by atoms with Gasteiger partial charge in [-0.1, -0.05) is 0 Å². The lowest BCUT2D eigenvalue weighted by atomic mass is 9.89. The van der Waals surface area contributed by atoms with Gasteiger partial charge in [0.15, 0.2) is 0 Å². The Hall–Kier alpha value is -6.13. The summed E-state index contributed by atoms with van der Waals surface area (Å²) in [7, 11) is 0. The molecule has 0 fully saturated rings. The van der Waals surface area contributed by atoms with Crippen molar-refractivity contribution >= 4 is 28.0 Å². The van der Waals surface area contributed by atoms with Gasteiger partial charge in [-0.25, -0.2) is 36.3 Å². The number of nitrogens with one attached hydrogen (secondary N) is 3. The molecule has 0 bridgehead atoms. The fraction of sp³-hybridized carbons (Fsp3) is 0.216.